The van der Waals surface area contributed by atoms with Gasteiger partial charge < -0.3 is 10.3 Å². The highest BCUT2D eigenvalue weighted by Crippen LogP contribution is 2.38. The molecule has 0 spiro atoms. The van der Waals surface area contributed by atoms with E-state index in [0.717, 1.165) is 40.7 Å². The molecule has 0 unspecified atom stereocenters. The van der Waals surface area contributed by atoms with Crippen LogP contribution >= 0.6 is 0 Å². The fourth-order valence-electron chi connectivity index (χ4n) is 4.10. The zero-order valence-electron chi connectivity index (χ0n) is 19.1. The zero-order valence-corrected chi connectivity index (χ0v) is 19.1. The third kappa shape index (κ3) is 3.90. The van der Waals surface area contributed by atoms with Crippen molar-refractivity contribution in [1.82, 2.24) is 35.0 Å². The maximum absolute atomic E-state index is 13.4. The Balaban J connectivity index is 1.58. The maximum Gasteiger partial charge on any atom is 0.253 e. The molecule has 1 saturated carbocycles. The van der Waals surface area contributed by atoms with Crippen LogP contribution in [0.1, 0.15) is 57.6 Å². The second-order valence-corrected chi connectivity index (χ2v) is 8.66. The molecule has 1 aliphatic rings. The van der Waals surface area contributed by atoms with Gasteiger partial charge in [0.2, 0.25) is 0 Å². The minimum atomic E-state index is -0.283. The molecule has 5 rings (SSSR count). The molecule has 168 valence electrons. The number of carbonyl (C=O) groups excluding carboxylic acids is 1. The van der Waals surface area contributed by atoms with Gasteiger partial charge in [0.05, 0.1) is 28.4 Å². The summed E-state index contributed by atoms with van der Waals surface area (Å²) in [5.41, 5.74) is 5.22. The van der Waals surface area contributed by atoms with Crippen molar-refractivity contribution in [2.45, 2.75) is 53.1 Å². The van der Waals surface area contributed by atoms with E-state index in [2.05, 4.69) is 25.4 Å². The van der Waals surface area contributed by atoms with Crippen LogP contribution in [-0.4, -0.2) is 35.6 Å². The highest BCUT2D eigenvalue weighted by Gasteiger charge is 2.29. The van der Waals surface area contributed by atoms with Crippen molar-refractivity contribution in [1.29, 1.82) is 0 Å². The van der Waals surface area contributed by atoms with E-state index < -0.39 is 0 Å². The van der Waals surface area contributed by atoms with Gasteiger partial charge in [-0.25, -0.2) is 19.6 Å². The Labute approximate surface area is 190 Å². The van der Waals surface area contributed by atoms with Crippen LogP contribution < -0.4 is 10.9 Å². The first kappa shape index (κ1) is 21.0. The minimum absolute atomic E-state index is 0.128. The van der Waals surface area contributed by atoms with E-state index in [1.807, 2.05) is 38.4 Å². The van der Waals surface area contributed by atoms with Gasteiger partial charge in [-0.05, 0) is 58.2 Å². The number of rotatable bonds is 5. The molecule has 9 nitrogen and oxygen atoms in total. The number of fused-ring (bicyclic) bond motifs is 1. The average Bonchev–Trinajstić information content (AvgIpc) is 3.56. The number of carbonyl (C=O) groups is 1. The third-order valence-electron chi connectivity index (χ3n) is 5.97. The van der Waals surface area contributed by atoms with E-state index in [4.69, 9.17) is 4.98 Å². The molecule has 9 heteroatoms. The summed E-state index contributed by atoms with van der Waals surface area (Å²) in [6.07, 6.45) is 5.51. The van der Waals surface area contributed by atoms with Crippen LogP contribution in [0.5, 0.6) is 0 Å². The van der Waals surface area contributed by atoms with Crippen molar-refractivity contribution in [2.75, 3.05) is 0 Å². The monoisotopic (exact) mass is 443 g/mol. The van der Waals surface area contributed by atoms with E-state index in [9.17, 15) is 9.59 Å². The quantitative estimate of drug-likeness (QED) is 0.489. The Kier molecular flexibility index (Phi) is 5.03. The highest BCUT2D eigenvalue weighted by atomic mass is 16.1. The Morgan fingerprint density at radius 1 is 1.15 bits per heavy atom. The molecule has 0 aliphatic heterocycles. The number of nitrogens with one attached hydrogen (secondary N) is 2. The average molecular weight is 444 g/mol. The molecule has 0 bridgehead atoms. The number of nitrogens with zero attached hydrogens (tertiary/aromatic N) is 5. The van der Waals surface area contributed by atoms with E-state index >= 15 is 0 Å². The molecule has 4 aromatic rings. The Morgan fingerprint density at radius 3 is 2.55 bits per heavy atom. The topological polar surface area (TPSA) is 118 Å². The van der Waals surface area contributed by atoms with Gasteiger partial charge in [0.1, 0.15) is 5.82 Å². The summed E-state index contributed by atoms with van der Waals surface area (Å²) in [6.45, 7) is 7.54. The summed E-state index contributed by atoms with van der Waals surface area (Å²) in [7, 11) is 0. The van der Waals surface area contributed by atoms with Crippen LogP contribution in [0.4, 0.5) is 0 Å². The fraction of sp³-hybridized carbons (Fsp3) is 0.333. The summed E-state index contributed by atoms with van der Waals surface area (Å²) >= 11 is 0. The van der Waals surface area contributed by atoms with Gasteiger partial charge in [-0.15, -0.1) is 0 Å². The number of aryl methyl sites for hydroxylation is 4. The van der Waals surface area contributed by atoms with Crippen LogP contribution in [0, 0.1) is 27.7 Å². The smallest absolute Gasteiger partial charge is 0.253 e. The standard InChI is InChI=1S/C24H25N7O2/c1-12-7-13(2)28-24(33)19(12)11-27-23(32)18-8-20(16-9-25-15(4)26-10-16)29-22-21(18)14(3)30-31(22)17-5-6-17/h7-10,17H,5-6,11H2,1-4H3,(H,27,32)(H,28,33). The first-order valence-corrected chi connectivity index (χ1v) is 11.0. The SMILES string of the molecule is Cc1ncc(-c2cc(C(=O)NCc3c(C)cc(C)[nH]c3=O)c3c(C)nn(C4CC4)c3n2)cn1. The van der Waals surface area contributed by atoms with Crippen molar-refractivity contribution in [3.63, 3.8) is 0 Å². The lowest BCUT2D eigenvalue weighted by molar-refractivity contribution is 0.0952. The molecule has 0 aromatic carbocycles. The predicted molar refractivity (Wildman–Crippen MR) is 124 cm³/mol. The van der Waals surface area contributed by atoms with Gasteiger partial charge in [0.25, 0.3) is 11.5 Å². The van der Waals surface area contributed by atoms with E-state index in [1.54, 1.807) is 18.5 Å². The van der Waals surface area contributed by atoms with Gasteiger partial charge in [-0.1, -0.05) is 0 Å². The number of hydrogen-bond donors (Lipinski definition) is 2. The number of H-pyrrole nitrogens is 1. The summed E-state index contributed by atoms with van der Waals surface area (Å²) in [5, 5.41) is 8.34. The first-order chi connectivity index (χ1) is 15.8. The molecule has 4 aromatic heterocycles. The van der Waals surface area contributed by atoms with E-state index in [0.29, 0.717) is 34.3 Å². The van der Waals surface area contributed by atoms with Crippen molar-refractivity contribution >= 4 is 16.9 Å². The lowest BCUT2D eigenvalue weighted by Gasteiger charge is -2.11. The van der Waals surface area contributed by atoms with Crippen LogP contribution in [0.2, 0.25) is 0 Å². The maximum atomic E-state index is 13.4. The van der Waals surface area contributed by atoms with Crippen molar-refractivity contribution in [3.05, 3.63) is 68.8 Å². The number of aromatic nitrogens is 6. The van der Waals surface area contributed by atoms with Gasteiger partial charge in [-0.3, -0.25) is 9.59 Å². The van der Waals surface area contributed by atoms with Crippen molar-refractivity contribution in [3.8, 4) is 11.3 Å². The molecule has 0 radical (unpaired) electrons. The molecule has 0 atom stereocenters. The normalized spacial score (nSPS) is 13.5. The van der Waals surface area contributed by atoms with Crippen LogP contribution in [0.15, 0.2) is 29.3 Å². The Morgan fingerprint density at radius 2 is 1.88 bits per heavy atom. The van der Waals surface area contributed by atoms with Crippen LogP contribution in [0.25, 0.3) is 22.3 Å². The minimum Gasteiger partial charge on any atom is -0.348 e. The lowest BCUT2D eigenvalue weighted by atomic mass is 10.1. The van der Waals surface area contributed by atoms with E-state index in [1.165, 1.54) is 0 Å². The Bertz CT molecular complexity index is 1450. The summed E-state index contributed by atoms with van der Waals surface area (Å²) in [5.74, 6) is 0.379. The van der Waals surface area contributed by atoms with Gasteiger partial charge in [0, 0.05) is 35.8 Å². The largest absolute Gasteiger partial charge is 0.348 e. The molecular weight excluding hydrogens is 418 g/mol. The van der Waals surface area contributed by atoms with Crippen molar-refractivity contribution < 1.29 is 4.79 Å². The molecular formula is C24H25N7O2. The van der Waals surface area contributed by atoms with Gasteiger partial charge in [-0.2, -0.15) is 5.10 Å². The molecule has 1 fully saturated rings. The van der Waals surface area contributed by atoms with Gasteiger partial charge in [0.15, 0.2) is 5.65 Å². The molecule has 0 saturated heterocycles. The molecule has 1 amide bonds. The van der Waals surface area contributed by atoms with E-state index in [-0.39, 0.29) is 18.0 Å². The van der Waals surface area contributed by atoms with Crippen LogP contribution in [0.3, 0.4) is 0 Å². The van der Waals surface area contributed by atoms with Crippen molar-refractivity contribution in [2.24, 2.45) is 0 Å². The molecule has 2 N–H and O–H groups in total. The number of hydrogen-bond acceptors (Lipinski definition) is 6. The molecule has 33 heavy (non-hydrogen) atoms. The lowest BCUT2D eigenvalue weighted by Crippen LogP contribution is -2.28. The number of pyridine rings is 2. The van der Waals surface area contributed by atoms with Crippen LogP contribution in [-0.2, 0) is 6.54 Å². The first-order valence-electron chi connectivity index (χ1n) is 11.0. The fourth-order valence-corrected chi connectivity index (χ4v) is 4.10. The summed E-state index contributed by atoms with van der Waals surface area (Å²) < 4.78 is 1.93. The zero-order chi connectivity index (χ0) is 23.3. The number of aromatic amines is 1. The second-order valence-electron chi connectivity index (χ2n) is 8.66. The molecule has 1 aliphatic carbocycles. The summed E-state index contributed by atoms with van der Waals surface area (Å²) in [4.78, 5) is 42.0. The summed E-state index contributed by atoms with van der Waals surface area (Å²) in [6, 6.07) is 3.96. The Hall–Kier alpha value is -3.88. The highest BCUT2D eigenvalue weighted by molar-refractivity contribution is 6.07. The molecule has 4 heterocycles. The number of amides is 1. The second kappa shape index (κ2) is 7.91. The van der Waals surface area contributed by atoms with Gasteiger partial charge >= 0.3 is 0 Å². The third-order valence-corrected chi connectivity index (χ3v) is 5.97. The predicted octanol–water partition coefficient (Wildman–Crippen LogP) is 3.08.